The Morgan fingerprint density at radius 3 is 2.64 bits per heavy atom. The maximum absolute atomic E-state index is 12.6. The van der Waals surface area contributed by atoms with Gasteiger partial charge < -0.3 is 4.98 Å². The van der Waals surface area contributed by atoms with E-state index in [-0.39, 0.29) is 10.5 Å². The van der Waals surface area contributed by atoms with Crippen LogP contribution in [0.2, 0.25) is 0 Å². The highest BCUT2D eigenvalue weighted by atomic mass is 32.2. The van der Waals surface area contributed by atoms with Gasteiger partial charge in [-0.3, -0.25) is 4.79 Å². The van der Waals surface area contributed by atoms with Gasteiger partial charge in [0.2, 0.25) is 10.0 Å². The highest BCUT2D eigenvalue weighted by Gasteiger charge is 2.27. The van der Waals surface area contributed by atoms with Crippen LogP contribution in [0.15, 0.2) is 52.6 Å². The molecule has 0 saturated carbocycles. The van der Waals surface area contributed by atoms with Crippen LogP contribution >= 0.6 is 0 Å². The van der Waals surface area contributed by atoms with Gasteiger partial charge in [-0.15, -0.1) is 0 Å². The molecule has 1 aromatic heterocycles. The third kappa shape index (κ3) is 3.80. The van der Waals surface area contributed by atoms with Crippen LogP contribution in [-0.2, 0) is 10.0 Å². The van der Waals surface area contributed by atoms with Crippen molar-refractivity contribution < 1.29 is 13.2 Å². The van der Waals surface area contributed by atoms with Crippen LogP contribution in [0.1, 0.15) is 35.8 Å². The molecule has 0 radical (unpaired) electrons. The van der Waals surface area contributed by atoms with Crippen molar-refractivity contribution in [2.75, 3.05) is 13.1 Å². The summed E-state index contributed by atoms with van der Waals surface area (Å²) in [4.78, 5) is 15.4. The lowest BCUT2D eigenvalue weighted by Crippen LogP contribution is -2.28. The summed E-state index contributed by atoms with van der Waals surface area (Å²) in [6, 6.07) is 9.72. The van der Waals surface area contributed by atoms with Crippen LogP contribution in [0.3, 0.4) is 0 Å². The van der Waals surface area contributed by atoms with Gasteiger partial charge >= 0.3 is 0 Å². The minimum absolute atomic E-state index is 0.132. The Labute approximate surface area is 146 Å². The van der Waals surface area contributed by atoms with Crippen molar-refractivity contribution in [2.24, 2.45) is 5.10 Å². The fraction of sp³-hybridized carbons (Fsp3) is 0.294. The highest BCUT2D eigenvalue weighted by molar-refractivity contribution is 7.89. The zero-order chi connectivity index (χ0) is 17.9. The Bertz CT molecular complexity index is 882. The number of carbonyl (C=O) groups is 1. The number of sulfonamides is 1. The van der Waals surface area contributed by atoms with Crippen molar-refractivity contribution in [3.63, 3.8) is 0 Å². The molecule has 1 saturated heterocycles. The molecular weight excluding hydrogens is 340 g/mol. The number of carbonyl (C=O) groups excluding carboxylic acids is 1. The summed E-state index contributed by atoms with van der Waals surface area (Å²) < 4.78 is 26.6. The Kier molecular flexibility index (Phi) is 5.00. The molecule has 8 heteroatoms. The predicted molar refractivity (Wildman–Crippen MR) is 94.9 cm³/mol. The number of aromatic nitrogens is 1. The maximum Gasteiger partial charge on any atom is 0.271 e. The van der Waals surface area contributed by atoms with E-state index in [1.807, 2.05) is 12.1 Å². The smallest absolute Gasteiger partial charge is 0.271 e. The average Bonchev–Trinajstić information content (AvgIpc) is 3.33. The molecule has 0 unspecified atom stereocenters. The third-order valence-electron chi connectivity index (χ3n) is 4.11. The first-order chi connectivity index (χ1) is 12.0. The van der Waals surface area contributed by atoms with Gasteiger partial charge in [0.05, 0.1) is 16.3 Å². The van der Waals surface area contributed by atoms with E-state index in [0.717, 1.165) is 18.5 Å². The second kappa shape index (κ2) is 7.20. The van der Waals surface area contributed by atoms with Gasteiger partial charge in [-0.1, -0.05) is 6.07 Å². The largest absolute Gasteiger partial charge is 0.360 e. The molecule has 7 nitrogen and oxygen atoms in total. The standard InChI is InChI=1S/C17H20N4O3S/c1-13(16-8-5-9-18-16)19-20-17(22)14-6-4-7-15(12-14)25(23,24)21-10-2-3-11-21/h4-9,12,18H,2-3,10-11H2,1H3,(H,20,22). The molecule has 0 bridgehead atoms. The lowest BCUT2D eigenvalue weighted by Gasteiger charge is -2.15. The summed E-state index contributed by atoms with van der Waals surface area (Å²) in [6.45, 7) is 2.82. The van der Waals surface area contributed by atoms with Crippen LogP contribution < -0.4 is 5.43 Å². The molecule has 3 rings (SSSR count). The maximum atomic E-state index is 12.6. The topological polar surface area (TPSA) is 94.6 Å². The number of nitrogens with one attached hydrogen (secondary N) is 2. The van der Waals surface area contributed by atoms with Gasteiger partial charge in [-0.2, -0.15) is 9.41 Å². The van der Waals surface area contributed by atoms with E-state index < -0.39 is 15.9 Å². The van der Waals surface area contributed by atoms with E-state index in [4.69, 9.17) is 0 Å². The van der Waals surface area contributed by atoms with Gasteiger partial charge in [0, 0.05) is 24.8 Å². The zero-order valence-corrected chi connectivity index (χ0v) is 14.7. The summed E-state index contributed by atoms with van der Waals surface area (Å²) >= 11 is 0. The number of hydrogen-bond acceptors (Lipinski definition) is 4. The minimum atomic E-state index is -3.55. The number of rotatable bonds is 5. The van der Waals surface area contributed by atoms with Crippen LogP contribution in [0, 0.1) is 0 Å². The molecule has 0 atom stereocenters. The van der Waals surface area contributed by atoms with E-state index in [9.17, 15) is 13.2 Å². The lowest BCUT2D eigenvalue weighted by atomic mass is 10.2. The molecule has 1 aromatic carbocycles. The second-order valence-electron chi connectivity index (χ2n) is 5.86. The third-order valence-corrected chi connectivity index (χ3v) is 6.01. The van der Waals surface area contributed by atoms with Crippen LogP contribution in [-0.4, -0.2) is 42.4 Å². The number of aromatic amines is 1. The van der Waals surface area contributed by atoms with Crippen molar-refractivity contribution in [1.82, 2.24) is 14.7 Å². The summed E-state index contributed by atoms with van der Waals surface area (Å²) in [5.74, 6) is -0.454. The summed E-state index contributed by atoms with van der Waals surface area (Å²) in [6.07, 6.45) is 3.50. The van der Waals surface area contributed by atoms with Crippen LogP contribution in [0.4, 0.5) is 0 Å². The molecule has 2 heterocycles. The monoisotopic (exact) mass is 360 g/mol. The van der Waals surface area contributed by atoms with Gasteiger partial charge in [-0.25, -0.2) is 13.8 Å². The average molecular weight is 360 g/mol. The number of amides is 1. The number of hydrazone groups is 1. The minimum Gasteiger partial charge on any atom is -0.360 e. The van der Waals surface area contributed by atoms with E-state index in [1.54, 1.807) is 25.3 Å². The predicted octanol–water partition coefficient (Wildman–Crippen LogP) is 1.95. The Balaban J connectivity index is 1.77. The Morgan fingerprint density at radius 2 is 1.96 bits per heavy atom. The molecular formula is C17H20N4O3S. The first-order valence-corrected chi connectivity index (χ1v) is 9.51. The Morgan fingerprint density at radius 1 is 1.20 bits per heavy atom. The molecule has 1 amide bonds. The van der Waals surface area contributed by atoms with E-state index in [1.165, 1.54) is 16.4 Å². The lowest BCUT2D eigenvalue weighted by molar-refractivity contribution is 0.0954. The molecule has 1 aliphatic heterocycles. The molecule has 1 aliphatic rings. The summed E-state index contributed by atoms with van der Waals surface area (Å²) in [5, 5.41) is 4.04. The van der Waals surface area contributed by atoms with Crippen molar-refractivity contribution in [2.45, 2.75) is 24.7 Å². The number of H-pyrrole nitrogens is 1. The number of nitrogens with zero attached hydrogens (tertiary/aromatic N) is 2. The van der Waals surface area contributed by atoms with Crippen molar-refractivity contribution in [3.05, 3.63) is 53.9 Å². The van der Waals surface area contributed by atoms with Crippen molar-refractivity contribution in [3.8, 4) is 0 Å². The van der Waals surface area contributed by atoms with Gasteiger partial charge in [0.15, 0.2) is 0 Å². The van der Waals surface area contributed by atoms with Gasteiger partial charge in [-0.05, 0) is 50.1 Å². The fourth-order valence-corrected chi connectivity index (χ4v) is 4.25. The highest BCUT2D eigenvalue weighted by Crippen LogP contribution is 2.21. The molecule has 2 N–H and O–H groups in total. The number of benzene rings is 1. The van der Waals surface area contributed by atoms with Crippen molar-refractivity contribution in [1.29, 1.82) is 0 Å². The molecule has 1 fully saturated rings. The van der Waals surface area contributed by atoms with Gasteiger partial charge in [0.1, 0.15) is 0 Å². The molecule has 132 valence electrons. The van der Waals surface area contributed by atoms with Crippen LogP contribution in [0.5, 0.6) is 0 Å². The second-order valence-corrected chi connectivity index (χ2v) is 7.80. The summed E-state index contributed by atoms with van der Waals surface area (Å²) in [5.41, 5.74) is 4.13. The fourth-order valence-electron chi connectivity index (χ4n) is 2.69. The zero-order valence-electron chi connectivity index (χ0n) is 13.9. The summed E-state index contributed by atoms with van der Waals surface area (Å²) in [7, 11) is -3.55. The van der Waals surface area contributed by atoms with Crippen molar-refractivity contribution >= 4 is 21.6 Å². The normalized spacial score (nSPS) is 16.1. The SMILES string of the molecule is CC(=NNC(=O)c1cccc(S(=O)(=O)N2CCCC2)c1)c1ccc[nH]1. The van der Waals surface area contributed by atoms with Gasteiger partial charge in [0.25, 0.3) is 5.91 Å². The first kappa shape index (κ1) is 17.4. The molecule has 0 aliphatic carbocycles. The quantitative estimate of drug-likeness (QED) is 0.630. The molecule has 25 heavy (non-hydrogen) atoms. The van der Waals surface area contributed by atoms with E-state index in [0.29, 0.717) is 18.8 Å². The van der Waals surface area contributed by atoms with E-state index in [2.05, 4.69) is 15.5 Å². The molecule has 0 spiro atoms. The number of hydrogen-bond donors (Lipinski definition) is 2. The first-order valence-electron chi connectivity index (χ1n) is 8.07. The molecule has 2 aromatic rings. The Hall–Kier alpha value is -2.45. The van der Waals surface area contributed by atoms with Crippen LogP contribution in [0.25, 0.3) is 0 Å². The van der Waals surface area contributed by atoms with E-state index >= 15 is 0 Å².